The van der Waals surface area contributed by atoms with Gasteiger partial charge in [-0.05, 0) is 38.0 Å². The predicted molar refractivity (Wildman–Crippen MR) is 70.4 cm³/mol. The zero-order chi connectivity index (χ0) is 13.5. The highest BCUT2D eigenvalue weighted by Gasteiger charge is 2.11. The molecular weight excluding hydrogens is 230 g/mol. The lowest BCUT2D eigenvalue weighted by Gasteiger charge is -2.15. The number of benzene rings is 1. The van der Waals surface area contributed by atoms with Crippen molar-refractivity contribution in [1.82, 2.24) is 5.32 Å². The molecule has 4 nitrogen and oxygen atoms in total. The lowest BCUT2D eigenvalue weighted by Crippen LogP contribution is -2.34. The van der Waals surface area contributed by atoms with Gasteiger partial charge in [-0.15, -0.1) is 0 Å². The van der Waals surface area contributed by atoms with Gasteiger partial charge < -0.3 is 15.2 Å². The summed E-state index contributed by atoms with van der Waals surface area (Å²) < 4.78 is 5.01. The van der Waals surface area contributed by atoms with Gasteiger partial charge in [-0.25, -0.2) is 0 Å². The number of hydrogen-bond acceptors (Lipinski definition) is 3. The number of ether oxygens (including phenoxy) is 1. The zero-order valence-corrected chi connectivity index (χ0v) is 11.1. The standard InChI is InChI=1S/C14H21NO3/c1-10(8-11(2)16)15-14(17)13-6-4-12(5-7-13)9-18-3/h4-7,10-11,16H,8-9H2,1-3H3,(H,15,17). The molecule has 1 amide bonds. The Morgan fingerprint density at radius 3 is 2.44 bits per heavy atom. The van der Waals surface area contributed by atoms with Crippen LogP contribution in [0, 0.1) is 0 Å². The van der Waals surface area contributed by atoms with Gasteiger partial charge in [-0.3, -0.25) is 4.79 Å². The molecule has 18 heavy (non-hydrogen) atoms. The van der Waals surface area contributed by atoms with Crippen molar-refractivity contribution in [2.45, 2.75) is 39.0 Å². The van der Waals surface area contributed by atoms with E-state index in [4.69, 9.17) is 4.74 Å². The van der Waals surface area contributed by atoms with Gasteiger partial charge in [-0.1, -0.05) is 12.1 Å². The van der Waals surface area contributed by atoms with E-state index >= 15 is 0 Å². The summed E-state index contributed by atoms with van der Waals surface area (Å²) >= 11 is 0. The predicted octanol–water partition coefficient (Wildman–Crippen LogP) is 1.72. The van der Waals surface area contributed by atoms with Gasteiger partial charge in [0.2, 0.25) is 0 Å². The molecule has 0 aliphatic rings. The van der Waals surface area contributed by atoms with E-state index in [1.54, 1.807) is 26.2 Å². The molecule has 2 atom stereocenters. The Balaban J connectivity index is 2.56. The minimum atomic E-state index is -0.413. The fourth-order valence-electron chi connectivity index (χ4n) is 1.80. The first kappa shape index (κ1) is 14.7. The van der Waals surface area contributed by atoms with Crippen molar-refractivity contribution in [2.24, 2.45) is 0 Å². The van der Waals surface area contributed by atoms with Crippen molar-refractivity contribution in [2.75, 3.05) is 7.11 Å². The summed E-state index contributed by atoms with van der Waals surface area (Å²) in [6, 6.07) is 7.25. The average Bonchev–Trinajstić information content (AvgIpc) is 2.29. The van der Waals surface area contributed by atoms with Crippen molar-refractivity contribution < 1.29 is 14.6 Å². The second kappa shape index (κ2) is 7.13. The lowest BCUT2D eigenvalue weighted by molar-refractivity contribution is 0.0923. The maximum atomic E-state index is 11.9. The Kier molecular flexibility index (Phi) is 5.82. The molecule has 0 spiro atoms. The Labute approximate surface area is 108 Å². The van der Waals surface area contributed by atoms with Crippen molar-refractivity contribution >= 4 is 5.91 Å². The molecule has 0 heterocycles. The smallest absolute Gasteiger partial charge is 0.251 e. The molecule has 1 rings (SSSR count). The summed E-state index contributed by atoms with van der Waals surface area (Å²) in [5.41, 5.74) is 1.65. The van der Waals surface area contributed by atoms with Crippen LogP contribution in [0.15, 0.2) is 24.3 Å². The van der Waals surface area contributed by atoms with Gasteiger partial charge >= 0.3 is 0 Å². The number of rotatable bonds is 6. The third-order valence-corrected chi connectivity index (χ3v) is 2.60. The van der Waals surface area contributed by atoms with E-state index in [0.29, 0.717) is 18.6 Å². The SMILES string of the molecule is COCc1ccc(C(=O)NC(C)CC(C)O)cc1. The lowest BCUT2D eigenvalue weighted by atomic mass is 10.1. The molecule has 0 bridgehead atoms. The van der Waals surface area contributed by atoms with Crippen molar-refractivity contribution in [3.8, 4) is 0 Å². The molecule has 0 aliphatic heterocycles. The Morgan fingerprint density at radius 2 is 1.94 bits per heavy atom. The van der Waals surface area contributed by atoms with Crippen LogP contribution in [-0.4, -0.2) is 30.3 Å². The first-order valence-electron chi connectivity index (χ1n) is 6.09. The fraction of sp³-hybridized carbons (Fsp3) is 0.500. The summed E-state index contributed by atoms with van der Waals surface area (Å²) in [7, 11) is 1.64. The van der Waals surface area contributed by atoms with Crippen molar-refractivity contribution in [3.63, 3.8) is 0 Å². The number of carbonyl (C=O) groups excluding carboxylic acids is 1. The van der Waals surface area contributed by atoms with Gasteiger partial charge in [0.05, 0.1) is 12.7 Å². The van der Waals surface area contributed by atoms with Gasteiger partial charge in [0.25, 0.3) is 5.91 Å². The maximum Gasteiger partial charge on any atom is 0.251 e. The average molecular weight is 251 g/mol. The van der Waals surface area contributed by atoms with E-state index in [1.807, 2.05) is 19.1 Å². The van der Waals surface area contributed by atoms with Crippen LogP contribution in [0.2, 0.25) is 0 Å². The number of aliphatic hydroxyl groups is 1. The Bertz CT molecular complexity index is 373. The van der Waals surface area contributed by atoms with Crippen molar-refractivity contribution in [3.05, 3.63) is 35.4 Å². The number of aliphatic hydroxyl groups excluding tert-OH is 1. The highest BCUT2D eigenvalue weighted by atomic mass is 16.5. The van der Waals surface area contributed by atoms with Crippen LogP contribution in [0.3, 0.4) is 0 Å². The van der Waals surface area contributed by atoms with Crippen LogP contribution in [0.25, 0.3) is 0 Å². The summed E-state index contributed by atoms with van der Waals surface area (Å²) in [5.74, 6) is -0.118. The van der Waals surface area contributed by atoms with Crippen molar-refractivity contribution in [1.29, 1.82) is 0 Å². The molecule has 0 radical (unpaired) electrons. The van der Waals surface area contributed by atoms with Crippen LogP contribution in [0.4, 0.5) is 0 Å². The molecule has 0 fully saturated rings. The molecular formula is C14H21NO3. The maximum absolute atomic E-state index is 11.9. The first-order valence-corrected chi connectivity index (χ1v) is 6.09. The number of methoxy groups -OCH3 is 1. The van der Waals surface area contributed by atoms with Crippen LogP contribution in [-0.2, 0) is 11.3 Å². The third-order valence-electron chi connectivity index (χ3n) is 2.60. The second-order valence-corrected chi connectivity index (χ2v) is 4.59. The molecule has 100 valence electrons. The second-order valence-electron chi connectivity index (χ2n) is 4.59. The summed E-state index contributed by atoms with van der Waals surface area (Å²) in [5, 5.41) is 12.1. The Morgan fingerprint density at radius 1 is 1.33 bits per heavy atom. The molecule has 2 unspecified atom stereocenters. The molecule has 1 aromatic carbocycles. The normalized spacial score (nSPS) is 14.0. The van der Waals surface area contributed by atoms with Gasteiger partial charge in [0.1, 0.15) is 0 Å². The van der Waals surface area contributed by atoms with E-state index in [0.717, 1.165) is 5.56 Å². The topological polar surface area (TPSA) is 58.6 Å². The highest BCUT2D eigenvalue weighted by molar-refractivity contribution is 5.94. The third kappa shape index (κ3) is 4.85. The fourth-order valence-corrected chi connectivity index (χ4v) is 1.80. The summed E-state index contributed by atoms with van der Waals surface area (Å²) in [6.07, 6.45) is 0.136. The molecule has 0 aliphatic carbocycles. The van der Waals surface area contributed by atoms with Crippen LogP contribution in [0.1, 0.15) is 36.2 Å². The molecule has 0 saturated heterocycles. The minimum absolute atomic E-state index is 0.0452. The van der Waals surface area contributed by atoms with Crippen LogP contribution < -0.4 is 5.32 Å². The summed E-state index contributed by atoms with van der Waals surface area (Å²) in [6.45, 7) is 4.13. The number of amides is 1. The zero-order valence-electron chi connectivity index (χ0n) is 11.1. The minimum Gasteiger partial charge on any atom is -0.393 e. The molecule has 1 aromatic rings. The molecule has 0 aromatic heterocycles. The summed E-state index contributed by atoms with van der Waals surface area (Å²) in [4.78, 5) is 11.9. The number of carbonyl (C=O) groups is 1. The monoisotopic (exact) mass is 251 g/mol. The number of hydrogen-bond donors (Lipinski definition) is 2. The van der Waals surface area contributed by atoms with E-state index in [1.165, 1.54) is 0 Å². The van der Waals surface area contributed by atoms with Crippen LogP contribution in [0.5, 0.6) is 0 Å². The van der Waals surface area contributed by atoms with E-state index in [-0.39, 0.29) is 11.9 Å². The molecule has 4 heteroatoms. The highest BCUT2D eigenvalue weighted by Crippen LogP contribution is 2.06. The quantitative estimate of drug-likeness (QED) is 0.809. The molecule has 0 saturated carbocycles. The first-order chi connectivity index (χ1) is 8.52. The van der Waals surface area contributed by atoms with Gasteiger partial charge in [-0.2, -0.15) is 0 Å². The van der Waals surface area contributed by atoms with Crippen LogP contribution >= 0.6 is 0 Å². The van der Waals surface area contributed by atoms with E-state index < -0.39 is 6.10 Å². The van der Waals surface area contributed by atoms with E-state index in [2.05, 4.69) is 5.32 Å². The van der Waals surface area contributed by atoms with Gasteiger partial charge in [0.15, 0.2) is 0 Å². The number of nitrogens with one attached hydrogen (secondary N) is 1. The largest absolute Gasteiger partial charge is 0.393 e. The van der Waals surface area contributed by atoms with E-state index in [9.17, 15) is 9.90 Å². The Hall–Kier alpha value is -1.39. The molecule has 2 N–H and O–H groups in total. The van der Waals surface area contributed by atoms with Gasteiger partial charge in [0, 0.05) is 18.7 Å².